The van der Waals surface area contributed by atoms with Crippen LogP contribution in [0.2, 0.25) is 5.02 Å². The lowest BCUT2D eigenvalue weighted by Crippen LogP contribution is -1.96. The SMILES string of the molecule is O=C1CSc2c1c(Cl)cc1ccccc21. The van der Waals surface area contributed by atoms with Crippen LogP contribution >= 0.6 is 23.4 Å². The van der Waals surface area contributed by atoms with E-state index < -0.39 is 0 Å². The fourth-order valence-corrected chi connectivity index (χ4v) is 3.40. The summed E-state index contributed by atoms with van der Waals surface area (Å²) in [5.41, 5.74) is 0.709. The highest BCUT2D eigenvalue weighted by Gasteiger charge is 2.25. The predicted octanol–water partition coefficient (Wildman–Crippen LogP) is 3.78. The van der Waals surface area contributed by atoms with Gasteiger partial charge in [-0.15, -0.1) is 11.8 Å². The van der Waals surface area contributed by atoms with Gasteiger partial charge in [0.25, 0.3) is 0 Å². The van der Waals surface area contributed by atoms with Crippen LogP contribution < -0.4 is 0 Å². The third kappa shape index (κ3) is 1.29. The van der Waals surface area contributed by atoms with Gasteiger partial charge in [0.2, 0.25) is 0 Å². The number of halogens is 1. The van der Waals surface area contributed by atoms with Crippen LogP contribution in [0.5, 0.6) is 0 Å². The quantitative estimate of drug-likeness (QED) is 0.690. The summed E-state index contributed by atoms with van der Waals surface area (Å²) >= 11 is 7.69. The molecule has 74 valence electrons. The number of carbonyl (C=O) groups excluding carboxylic acids is 1. The fourth-order valence-electron chi connectivity index (χ4n) is 1.90. The van der Waals surface area contributed by atoms with Crippen molar-refractivity contribution in [1.82, 2.24) is 0 Å². The number of fused-ring (bicyclic) bond motifs is 3. The first-order valence-electron chi connectivity index (χ1n) is 4.64. The molecule has 0 saturated heterocycles. The number of hydrogen-bond donors (Lipinski definition) is 0. The molecule has 0 unspecified atom stereocenters. The summed E-state index contributed by atoms with van der Waals surface area (Å²) in [5, 5.41) is 2.81. The van der Waals surface area contributed by atoms with Gasteiger partial charge in [-0.2, -0.15) is 0 Å². The van der Waals surface area contributed by atoms with E-state index in [1.165, 1.54) is 0 Å². The number of carbonyl (C=O) groups is 1. The highest BCUT2D eigenvalue weighted by molar-refractivity contribution is 8.00. The molecule has 2 aromatic carbocycles. The summed E-state index contributed by atoms with van der Waals surface area (Å²) in [7, 11) is 0. The summed E-state index contributed by atoms with van der Waals surface area (Å²) < 4.78 is 0. The van der Waals surface area contributed by atoms with Gasteiger partial charge < -0.3 is 0 Å². The second-order valence-electron chi connectivity index (χ2n) is 3.50. The van der Waals surface area contributed by atoms with Gasteiger partial charge in [-0.1, -0.05) is 35.9 Å². The molecule has 1 aliphatic rings. The van der Waals surface area contributed by atoms with Crippen LogP contribution in [-0.4, -0.2) is 11.5 Å². The van der Waals surface area contributed by atoms with E-state index >= 15 is 0 Å². The summed E-state index contributed by atoms with van der Waals surface area (Å²) in [5.74, 6) is 0.661. The third-order valence-electron chi connectivity index (χ3n) is 2.58. The number of thioether (sulfide) groups is 1. The first-order valence-corrected chi connectivity index (χ1v) is 6.01. The first-order chi connectivity index (χ1) is 7.27. The molecule has 0 N–H and O–H groups in total. The largest absolute Gasteiger partial charge is 0.293 e. The summed E-state index contributed by atoms with van der Waals surface area (Å²) in [4.78, 5) is 12.7. The highest BCUT2D eigenvalue weighted by atomic mass is 35.5. The fraction of sp³-hybridized carbons (Fsp3) is 0.0833. The Morgan fingerprint density at radius 2 is 2.07 bits per heavy atom. The lowest BCUT2D eigenvalue weighted by Gasteiger charge is -2.05. The zero-order valence-electron chi connectivity index (χ0n) is 7.79. The minimum atomic E-state index is 0.144. The van der Waals surface area contributed by atoms with Gasteiger partial charge in [0.1, 0.15) is 0 Å². The number of hydrogen-bond acceptors (Lipinski definition) is 2. The molecular weight excluding hydrogens is 228 g/mol. The van der Waals surface area contributed by atoms with Crippen molar-refractivity contribution in [2.45, 2.75) is 4.90 Å². The standard InChI is InChI=1S/C12H7ClOS/c13-9-5-7-3-1-2-4-8(7)12-11(9)10(14)6-15-12/h1-5H,6H2. The zero-order chi connectivity index (χ0) is 10.4. The first kappa shape index (κ1) is 9.25. The zero-order valence-corrected chi connectivity index (χ0v) is 9.36. The van der Waals surface area contributed by atoms with Crippen molar-refractivity contribution in [3.05, 3.63) is 40.9 Å². The second-order valence-corrected chi connectivity index (χ2v) is 4.89. The van der Waals surface area contributed by atoms with Crippen LogP contribution in [-0.2, 0) is 0 Å². The number of ketones is 1. The molecule has 1 nitrogen and oxygen atoms in total. The van der Waals surface area contributed by atoms with E-state index in [1.54, 1.807) is 11.8 Å². The lowest BCUT2D eigenvalue weighted by molar-refractivity contribution is 0.102. The van der Waals surface area contributed by atoms with E-state index in [9.17, 15) is 4.79 Å². The van der Waals surface area contributed by atoms with Gasteiger partial charge in [-0.3, -0.25) is 4.79 Å². The summed E-state index contributed by atoms with van der Waals surface area (Å²) in [6.45, 7) is 0. The molecule has 0 fully saturated rings. The minimum absolute atomic E-state index is 0.144. The van der Waals surface area contributed by atoms with E-state index in [-0.39, 0.29) is 5.78 Å². The van der Waals surface area contributed by atoms with Gasteiger partial charge in [0.15, 0.2) is 5.78 Å². The van der Waals surface area contributed by atoms with Gasteiger partial charge in [-0.05, 0) is 16.8 Å². The topological polar surface area (TPSA) is 17.1 Å². The van der Waals surface area contributed by atoms with Gasteiger partial charge in [0, 0.05) is 4.90 Å². The van der Waals surface area contributed by atoms with Crippen molar-refractivity contribution < 1.29 is 4.79 Å². The number of benzene rings is 2. The summed E-state index contributed by atoms with van der Waals surface area (Å²) in [6, 6.07) is 9.90. The van der Waals surface area contributed by atoms with Crippen molar-refractivity contribution >= 4 is 39.9 Å². The predicted molar refractivity (Wildman–Crippen MR) is 64.0 cm³/mol. The molecule has 0 radical (unpaired) electrons. The normalized spacial score (nSPS) is 14.6. The van der Waals surface area contributed by atoms with Crippen LogP contribution in [0, 0.1) is 0 Å². The third-order valence-corrected chi connectivity index (χ3v) is 4.00. The van der Waals surface area contributed by atoms with Gasteiger partial charge in [0.05, 0.1) is 16.3 Å². The monoisotopic (exact) mass is 234 g/mol. The molecule has 3 rings (SSSR count). The molecule has 0 aliphatic carbocycles. The van der Waals surface area contributed by atoms with Gasteiger partial charge >= 0.3 is 0 Å². The molecule has 1 aliphatic heterocycles. The maximum absolute atomic E-state index is 11.6. The smallest absolute Gasteiger partial charge is 0.175 e. The maximum Gasteiger partial charge on any atom is 0.175 e. The average Bonchev–Trinajstić information content (AvgIpc) is 2.62. The molecule has 3 heteroatoms. The van der Waals surface area contributed by atoms with Crippen LogP contribution in [0.25, 0.3) is 10.8 Å². The number of rotatable bonds is 0. The average molecular weight is 235 g/mol. The second kappa shape index (κ2) is 3.26. The molecule has 0 saturated carbocycles. The van der Waals surface area contributed by atoms with Gasteiger partial charge in [-0.25, -0.2) is 0 Å². The van der Waals surface area contributed by atoms with E-state index in [2.05, 4.69) is 0 Å². The van der Waals surface area contributed by atoms with Crippen LogP contribution in [0.15, 0.2) is 35.2 Å². The Balaban J connectivity index is 2.48. The molecule has 0 aromatic heterocycles. The van der Waals surface area contributed by atoms with E-state index in [4.69, 9.17) is 11.6 Å². The van der Waals surface area contributed by atoms with Crippen molar-refractivity contribution in [3.63, 3.8) is 0 Å². The molecular formula is C12H7ClOS. The van der Waals surface area contributed by atoms with E-state index in [1.807, 2.05) is 30.3 Å². The maximum atomic E-state index is 11.6. The Bertz CT molecular complexity index is 577. The highest BCUT2D eigenvalue weighted by Crippen LogP contribution is 2.41. The van der Waals surface area contributed by atoms with Crippen LogP contribution in [0.1, 0.15) is 10.4 Å². The summed E-state index contributed by atoms with van der Waals surface area (Å²) in [6.07, 6.45) is 0. The molecule has 0 amide bonds. The molecule has 0 atom stereocenters. The molecule has 15 heavy (non-hydrogen) atoms. The molecule has 1 heterocycles. The lowest BCUT2D eigenvalue weighted by atomic mass is 10.0. The van der Waals surface area contributed by atoms with E-state index in [0.717, 1.165) is 15.7 Å². The van der Waals surface area contributed by atoms with Crippen molar-refractivity contribution in [1.29, 1.82) is 0 Å². The Kier molecular flexibility index (Phi) is 2.01. The molecule has 2 aromatic rings. The Labute approximate surface area is 96.4 Å². The van der Waals surface area contributed by atoms with E-state index in [0.29, 0.717) is 16.3 Å². The Morgan fingerprint density at radius 3 is 2.93 bits per heavy atom. The van der Waals surface area contributed by atoms with Crippen LogP contribution in [0.3, 0.4) is 0 Å². The van der Waals surface area contributed by atoms with Crippen molar-refractivity contribution in [2.24, 2.45) is 0 Å². The Morgan fingerprint density at radius 1 is 1.27 bits per heavy atom. The molecule has 0 spiro atoms. The number of Topliss-reactive ketones (excluding diaryl/α,β-unsaturated/α-hetero) is 1. The van der Waals surface area contributed by atoms with Crippen molar-refractivity contribution in [3.8, 4) is 0 Å². The molecule has 0 bridgehead atoms. The van der Waals surface area contributed by atoms with Crippen molar-refractivity contribution in [2.75, 3.05) is 5.75 Å². The van der Waals surface area contributed by atoms with Crippen LogP contribution in [0.4, 0.5) is 0 Å². The Hall–Kier alpha value is -0.990. The minimum Gasteiger partial charge on any atom is -0.293 e.